The summed E-state index contributed by atoms with van der Waals surface area (Å²) in [6, 6.07) is 5.01. The molecule has 1 aromatic heterocycles. The lowest BCUT2D eigenvalue weighted by molar-refractivity contribution is 0.414. The van der Waals surface area contributed by atoms with Gasteiger partial charge in [0.05, 0.1) is 18.2 Å². The number of nitrogens with zero attached hydrogens (tertiary/aromatic N) is 2. The third-order valence-corrected chi connectivity index (χ3v) is 2.93. The van der Waals surface area contributed by atoms with Crippen LogP contribution in [0.2, 0.25) is 5.02 Å². The van der Waals surface area contributed by atoms with Crippen molar-refractivity contribution in [3.63, 3.8) is 0 Å². The van der Waals surface area contributed by atoms with E-state index < -0.39 is 6.04 Å². The van der Waals surface area contributed by atoms with Gasteiger partial charge in [0.15, 0.2) is 0 Å². The lowest BCUT2D eigenvalue weighted by atomic mass is 10.1. The second-order valence-electron chi connectivity index (χ2n) is 3.99. The van der Waals surface area contributed by atoms with Gasteiger partial charge in [0.2, 0.25) is 0 Å². The lowest BCUT2D eigenvalue weighted by Gasteiger charge is -2.12. The lowest BCUT2D eigenvalue weighted by Crippen LogP contribution is -2.15. The Morgan fingerprint density at radius 2 is 1.94 bits per heavy atom. The second-order valence-corrected chi connectivity index (χ2v) is 4.40. The summed E-state index contributed by atoms with van der Waals surface area (Å²) >= 11 is 5.97. The smallest absolute Gasteiger partial charge is 0.149 e. The van der Waals surface area contributed by atoms with Crippen molar-refractivity contribution in [1.82, 2.24) is 9.97 Å². The molecule has 5 heteroatoms. The van der Waals surface area contributed by atoms with Gasteiger partial charge in [-0.3, -0.25) is 0 Å². The zero-order valence-corrected chi connectivity index (χ0v) is 11.0. The van der Waals surface area contributed by atoms with Crippen LogP contribution in [0.1, 0.15) is 23.0 Å². The molecule has 18 heavy (non-hydrogen) atoms. The summed E-state index contributed by atoms with van der Waals surface area (Å²) in [6.45, 7) is 1.93. The van der Waals surface area contributed by atoms with E-state index in [1.807, 2.05) is 13.0 Å². The van der Waals surface area contributed by atoms with Crippen LogP contribution >= 0.6 is 11.6 Å². The third kappa shape index (κ3) is 2.60. The van der Waals surface area contributed by atoms with Crippen LogP contribution in [-0.2, 0) is 0 Å². The van der Waals surface area contributed by atoms with Gasteiger partial charge < -0.3 is 10.5 Å². The number of benzene rings is 1. The van der Waals surface area contributed by atoms with Crippen LogP contribution in [0.3, 0.4) is 0 Å². The van der Waals surface area contributed by atoms with Crippen molar-refractivity contribution >= 4 is 11.6 Å². The molecule has 0 fully saturated rings. The van der Waals surface area contributed by atoms with Crippen LogP contribution in [0.4, 0.5) is 0 Å². The second kappa shape index (κ2) is 5.33. The molecule has 2 rings (SSSR count). The van der Waals surface area contributed by atoms with Crippen molar-refractivity contribution in [2.24, 2.45) is 5.73 Å². The van der Waals surface area contributed by atoms with Crippen molar-refractivity contribution in [3.8, 4) is 5.75 Å². The van der Waals surface area contributed by atoms with Gasteiger partial charge in [0.25, 0.3) is 0 Å². The van der Waals surface area contributed by atoms with Crippen molar-refractivity contribution < 1.29 is 4.74 Å². The van der Waals surface area contributed by atoms with E-state index in [9.17, 15) is 0 Å². The molecule has 0 radical (unpaired) electrons. The summed E-state index contributed by atoms with van der Waals surface area (Å²) in [5.74, 6) is 1.17. The van der Waals surface area contributed by atoms with Crippen LogP contribution in [0, 0.1) is 6.92 Å². The Hall–Kier alpha value is -1.65. The molecule has 94 valence electrons. The van der Waals surface area contributed by atoms with E-state index in [0.717, 1.165) is 11.1 Å². The molecule has 0 aliphatic carbocycles. The number of rotatable bonds is 3. The van der Waals surface area contributed by atoms with Crippen LogP contribution in [-0.4, -0.2) is 17.1 Å². The number of halogens is 1. The molecule has 2 aromatic rings. The number of aromatic nitrogens is 2. The first-order chi connectivity index (χ1) is 8.61. The van der Waals surface area contributed by atoms with E-state index in [4.69, 9.17) is 22.1 Å². The molecule has 1 unspecified atom stereocenters. The Morgan fingerprint density at radius 3 is 2.56 bits per heavy atom. The SMILES string of the molecule is COc1cc(C(N)c2ncc(C)cn2)ccc1Cl. The number of ether oxygens (including phenoxy) is 1. The van der Waals surface area contributed by atoms with E-state index in [0.29, 0.717) is 16.6 Å². The minimum Gasteiger partial charge on any atom is -0.495 e. The molecular weight excluding hydrogens is 250 g/mol. The topological polar surface area (TPSA) is 61.0 Å². The maximum absolute atomic E-state index is 6.12. The number of methoxy groups -OCH3 is 1. The van der Waals surface area contributed by atoms with Gasteiger partial charge in [-0.1, -0.05) is 17.7 Å². The van der Waals surface area contributed by atoms with Gasteiger partial charge in [-0.25, -0.2) is 9.97 Å². The minimum absolute atomic E-state index is 0.392. The molecular formula is C13H14ClN3O. The van der Waals surface area contributed by atoms with Gasteiger partial charge in [-0.15, -0.1) is 0 Å². The first-order valence-corrected chi connectivity index (χ1v) is 5.87. The molecule has 0 amide bonds. The van der Waals surface area contributed by atoms with E-state index in [1.54, 1.807) is 31.6 Å². The third-order valence-electron chi connectivity index (χ3n) is 2.61. The summed E-state index contributed by atoms with van der Waals surface area (Å²) in [6.07, 6.45) is 3.49. The largest absolute Gasteiger partial charge is 0.495 e. The Balaban J connectivity index is 2.33. The highest BCUT2D eigenvalue weighted by molar-refractivity contribution is 6.32. The van der Waals surface area contributed by atoms with Crippen LogP contribution in [0.25, 0.3) is 0 Å². The molecule has 2 N–H and O–H groups in total. The molecule has 1 aromatic carbocycles. The number of hydrogen-bond donors (Lipinski definition) is 1. The Morgan fingerprint density at radius 1 is 1.28 bits per heavy atom. The van der Waals surface area contributed by atoms with Gasteiger partial charge in [-0.05, 0) is 30.2 Å². The first-order valence-electron chi connectivity index (χ1n) is 5.49. The zero-order chi connectivity index (χ0) is 13.1. The van der Waals surface area contributed by atoms with Gasteiger partial charge in [-0.2, -0.15) is 0 Å². The molecule has 0 aliphatic heterocycles. The van der Waals surface area contributed by atoms with Crippen LogP contribution in [0.15, 0.2) is 30.6 Å². The monoisotopic (exact) mass is 263 g/mol. The van der Waals surface area contributed by atoms with Crippen LogP contribution < -0.4 is 10.5 Å². The number of aryl methyl sites for hydroxylation is 1. The molecule has 1 atom stereocenters. The van der Waals surface area contributed by atoms with Crippen molar-refractivity contribution in [2.75, 3.05) is 7.11 Å². The number of hydrogen-bond acceptors (Lipinski definition) is 4. The molecule has 0 saturated carbocycles. The van der Waals surface area contributed by atoms with E-state index >= 15 is 0 Å². The molecule has 1 heterocycles. The van der Waals surface area contributed by atoms with Crippen molar-refractivity contribution in [3.05, 3.63) is 52.6 Å². The average molecular weight is 264 g/mol. The van der Waals surface area contributed by atoms with E-state index in [2.05, 4.69) is 9.97 Å². The molecule has 4 nitrogen and oxygen atoms in total. The van der Waals surface area contributed by atoms with Gasteiger partial charge in [0.1, 0.15) is 11.6 Å². The van der Waals surface area contributed by atoms with E-state index in [-0.39, 0.29) is 0 Å². The van der Waals surface area contributed by atoms with Crippen LogP contribution in [0.5, 0.6) is 5.75 Å². The predicted octanol–water partition coefficient (Wildman–Crippen LogP) is 2.50. The van der Waals surface area contributed by atoms with Gasteiger partial charge >= 0.3 is 0 Å². The minimum atomic E-state index is -0.392. The fraction of sp³-hybridized carbons (Fsp3) is 0.231. The standard InChI is InChI=1S/C13H14ClN3O/c1-8-6-16-13(17-7-8)12(15)9-3-4-10(14)11(5-9)18-2/h3-7,12H,15H2,1-2H3. The molecule has 0 bridgehead atoms. The quantitative estimate of drug-likeness (QED) is 0.924. The summed E-state index contributed by atoms with van der Waals surface area (Å²) in [7, 11) is 1.57. The summed E-state index contributed by atoms with van der Waals surface area (Å²) in [5.41, 5.74) is 7.98. The molecule has 0 spiro atoms. The Bertz CT molecular complexity index is 542. The fourth-order valence-electron chi connectivity index (χ4n) is 1.58. The Labute approximate surface area is 111 Å². The summed E-state index contributed by atoms with van der Waals surface area (Å²) in [5, 5.41) is 0.554. The zero-order valence-electron chi connectivity index (χ0n) is 10.2. The summed E-state index contributed by atoms with van der Waals surface area (Å²) in [4.78, 5) is 8.45. The van der Waals surface area contributed by atoms with Gasteiger partial charge in [0, 0.05) is 12.4 Å². The van der Waals surface area contributed by atoms with E-state index in [1.165, 1.54) is 0 Å². The highest BCUT2D eigenvalue weighted by atomic mass is 35.5. The normalized spacial score (nSPS) is 12.2. The first kappa shape index (κ1) is 12.8. The highest BCUT2D eigenvalue weighted by Gasteiger charge is 2.13. The average Bonchev–Trinajstić information content (AvgIpc) is 2.39. The van der Waals surface area contributed by atoms with Crippen molar-refractivity contribution in [1.29, 1.82) is 0 Å². The maximum atomic E-state index is 6.12. The fourth-order valence-corrected chi connectivity index (χ4v) is 1.78. The maximum Gasteiger partial charge on any atom is 0.149 e. The predicted molar refractivity (Wildman–Crippen MR) is 70.8 cm³/mol. The molecule has 0 aliphatic rings. The van der Waals surface area contributed by atoms with Crippen molar-refractivity contribution in [2.45, 2.75) is 13.0 Å². The Kier molecular flexibility index (Phi) is 3.79. The number of nitrogens with two attached hydrogens (primary N) is 1. The summed E-state index contributed by atoms with van der Waals surface area (Å²) < 4.78 is 5.16. The molecule has 0 saturated heterocycles. The highest BCUT2D eigenvalue weighted by Crippen LogP contribution is 2.28.